The van der Waals surface area contributed by atoms with Crippen LogP contribution >= 0.6 is 0 Å². The lowest BCUT2D eigenvalue weighted by Gasteiger charge is -2.35. The molecule has 0 N–H and O–H groups in total. The zero-order valence-corrected chi connectivity index (χ0v) is 15.7. The number of carbonyl (C=O) groups is 2. The third-order valence-corrected chi connectivity index (χ3v) is 4.91. The molecule has 138 valence electrons. The quantitative estimate of drug-likeness (QED) is 0.770. The number of para-hydroxylation sites is 1. The summed E-state index contributed by atoms with van der Waals surface area (Å²) >= 11 is 0. The van der Waals surface area contributed by atoms with E-state index in [1.807, 2.05) is 45.0 Å². The molecule has 1 heterocycles. The van der Waals surface area contributed by atoms with E-state index in [0.29, 0.717) is 23.5 Å². The van der Waals surface area contributed by atoms with Gasteiger partial charge in [0.2, 0.25) is 0 Å². The van der Waals surface area contributed by atoms with E-state index in [1.54, 1.807) is 7.11 Å². The summed E-state index contributed by atoms with van der Waals surface area (Å²) in [6, 6.07) is 7.56. The molecule has 1 aliphatic heterocycles. The zero-order valence-electron chi connectivity index (χ0n) is 15.7. The van der Waals surface area contributed by atoms with Gasteiger partial charge in [-0.25, -0.2) is 0 Å². The summed E-state index contributed by atoms with van der Waals surface area (Å²) in [6.45, 7) is 5.49. The van der Waals surface area contributed by atoms with Crippen LogP contribution in [0.4, 0.5) is 0 Å². The Morgan fingerprint density at radius 3 is 2.65 bits per heavy atom. The minimum absolute atomic E-state index is 0.0701. The van der Waals surface area contributed by atoms with Crippen molar-refractivity contribution in [2.75, 3.05) is 7.11 Å². The number of hydrogen-bond acceptors (Lipinski definition) is 5. The van der Waals surface area contributed by atoms with Gasteiger partial charge >= 0.3 is 5.97 Å². The molecular formula is C21H25NO4. The van der Waals surface area contributed by atoms with Crippen LogP contribution in [0.3, 0.4) is 0 Å². The van der Waals surface area contributed by atoms with Crippen molar-refractivity contribution < 1.29 is 19.1 Å². The Bertz CT molecular complexity index is 791. The molecule has 0 fully saturated rings. The summed E-state index contributed by atoms with van der Waals surface area (Å²) in [7, 11) is 1.60. The van der Waals surface area contributed by atoms with Crippen molar-refractivity contribution in [3.05, 3.63) is 41.1 Å². The van der Waals surface area contributed by atoms with Crippen LogP contribution in [0.2, 0.25) is 0 Å². The number of methoxy groups -OCH3 is 1. The zero-order chi connectivity index (χ0) is 18.8. The molecule has 0 aromatic heterocycles. The van der Waals surface area contributed by atoms with Gasteiger partial charge in [-0.3, -0.25) is 14.6 Å². The summed E-state index contributed by atoms with van der Waals surface area (Å²) in [4.78, 5) is 30.3. The molecule has 1 aromatic rings. The van der Waals surface area contributed by atoms with Gasteiger partial charge < -0.3 is 9.47 Å². The van der Waals surface area contributed by atoms with Crippen LogP contribution < -0.4 is 4.74 Å². The number of Topliss-reactive ketones (excluding diaryl/α,β-unsaturated/α-hetero) is 1. The number of nitrogens with zero attached hydrogens (tertiary/aromatic N) is 1. The largest absolute Gasteiger partial charge is 0.496 e. The van der Waals surface area contributed by atoms with Gasteiger partial charge in [-0.1, -0.05) is 18.2 Å². The second kappa shape index (κ2) is 7.44. The molecule has 0 bridgehead atoms. The molecule has 1 aliphatic carbocycles. The van der Waals surface area contributed by atoms with Crippen molar-refractivity contribution in [1.29, 1.82) is 0 Å². The van der Waals surface area contributed by atoms with Crippen molar-refractivity contribution in [2.24, 2.45) is 10.9 Å². The van der Waals surface area contributed by atoms with E-state index < -0.39 is 11.8 Å². The SMILES string of the molecule is COc1ccccc1[C@@H]1C2=C(CCCC2=O)N=C(C)C1C(=O)OC(C)C. The average Bonchev–Trinajstić information content (AvgIpc) is 2.60. The Labute approximate surface area is 154 Å². The van der Waals surface area contributed by atoms with E-state index in [1.165, 1.54) is 0 Å². The topological polar surface area (TPSA) is 65.0 Å². The van der Waals surface area contributed by atoms with Crippen LogP contribution in [-0.2, 0) is 14.3 Å². The molecule has 5 heteroatoms. The molecule has 2 aliphatic rings. The van der Waals surface area contributed by atoms with E-state index in [2.05, 4.69) is 4.99 Å². The molecule has 0 saturated heterocycles. The molecule has 0 spiro atoms. The number of carbonyl (C=O) groups excluding carboxylic acids is 2. The van der Waals surface area contributed by atoms with E-state index in [-0.39, 0.29) is 17.9 Å². The summed E-state index contributed by atoms with van der Waals surface area (Å²) in [6.07, 6.45) is 1.82. The molecule has 1 unspecified atom stereocenters. The summed E-state index contributed by atoms with van der Waals surface area (Å²) < 4.78 is 11.0. The molecule has 1 aromatic carbocycles. The summed E-state index contributed by atoms with van der Waals surface area (Å²) in [5.41, 5.74) is 2.98. The molecular weight excluding hydrogens is 330 g/mol. The lowest BCUT2D eigenvalue weighted by atomic mass is 9.71. The predicted octanol–water partition coefficient (Wildman–Crippen LogP) is 3.83. The Balaban J connectivity index is 2.17. The second-order valence-corrected chi connectivity index (χ2v) is 7.07. The van der Waals surface area contributed by atoms with Crippen molar-refractivity contribution in [3.8, 4) is 5.75 Å². The number of ketones is 1. The first-order chi connectivity index (χ1) is 12.4. The van der Waals surface area contributed by atoms with Gasteiger partial charge in [0.1, 0.15) is 11.7 Å². The highest BCUT2D eigenvalue weighted by Crippen LogP contribution is 2.46. The highest BCUT2D eigenvalue weighted by molar-refractivity contribution is 6.09. The first kappa shape index (κ1) is 18.4. The van der Waals surface area contributed by atoms with Crippen LogP contribution in [0, 0.1) is 5.92 Å². The number of ether oxygens (including phenoxy) is 2. The molecule has 26 heavy (non-hydrogen) atoms. The van der Waals surface area contributed by atoms with Gasteiger partial charge in [0, 0.05) is 34.9 Å². The maximum absolute atomic E-state index is 12.9. The van der Waals surface area contributed by atoms with Crippen molar-refractivity contribution in [3.63, 3.8) is 0 Å². The summed E-state index contributed by atoms with van der Waals surface area (Å²) in [5, 5.41) is 0. The van der Waals surface area contributed by atoms with Crippen LogP contribution in [0.25, 0.3) is 0 Å². The lowest BCUT2D eigenvalue weighted by molar-refractivity contribution is -0.150. The van der Waals surface area contributed by atoms with Crippen molar-refractivity contribution in [1.82, 2.24) is 0 Å². The number of hydrogen-bond donors (Lipinski definition) is 0. The number of aliphatic imine (C=N–C) groups is 1. The van der Waals surface area contributed by atoms with Gasteiger partial charge in [-0.05, 0) is 39.7 Å². The Kier molecular flexibility index (Phi) is 5.25. The number of allylic oxidation sites excluding steroid dienone is 2. The number of esters is 1. The van der Waals surface area contributed by atoms with Gasteiger partial charge in [-0.2, -0.15) is 0 Å². The van der Waals surface area contributed by atoms with Crippen molar-refractivity contribution >= 4 is 17.5 Å². The highest BCUT2D eigenvalue weighted by Gasteiger charge is 2.44. The fourth-order valence-corrected chi connectivity index (χ4v) is 3.88. The minimum Gasteiger partial charge on any atom is -0.496 e. The standard InChI is InChI=1S/C21H25NO4/c1-12(2)26-21(24)18-13(3)22-15-9-7-10-16(23)20(15)19(18)14-8-5-6-11-17(14)25-4/h5-6,8,11-12,18-19H,7,9-10H2,1-4H3/t18?,19-/m0/s1. The molecule has 5 nitrogen and oxygen atoms in total. The van der Waals surface area contributed by atoms with Crippen LogP contribution in [0.15, 0.2) is 40.5 Å². The fourth-order valence-electron chi connectivity index (χ4n) is 3.88. The molecule has 0 radical (unpaired) electrons. The van der Waals surface area contributed by atoms with Gasteiger partial charge in [0.25, 0.3) is 0 Å². The van der Waals surface area contributed by atoms with Crippen LogP contribution in [-0.4, -0.2) is 30.7 Å². The van der Waals surface area contributed by atoms with E-state index in [9.17, 15) is 9.59 Å². The maximum Gasteiger partial charge on any atom is 0.315 e. The van der Waals surface area contributed by atoms with E-state index in [0.717, 1.165) is 24.1 Å². The maximum atomic E-state index is 12.9. The van der Waals surface area contributed by atoms with Crippen LogP contribution in [0.5, 0.6) is 5.75 Å². The highest BCUT2D eigenvalue weighted by atomic mass is 16.5. The summed E-state index contributed by atoms with van der Waals surface area (Å²) in [5.74, 6) is -0.644. The normalized spacial score (nSPS) is 22.8. The molecule has 3 rings (SSSR count). The monoisotopic (exact) mass is 355 g/mol. The Hall–Kier alpha value is -2.43. The first-order valence-electron chi connectivity index (χ1n) is 9.08. The third-order valence-electron chi connectivity index (χ3n) is 4.91. The van der Waals surface area contributed by atoms with Gasteiger partial charge in [0.05, 0.1) is 13.2 Å². The van der Waals surface area contributed by atoms with Gasteiger partial charge in [0.15, 0.2) is 5.78 Å². The number of benzene rings is 1. The third kappa shape index (κ3) is 3.30. The minimum atomic E-state index is -0.616. The van der Waals surface area contributed by atoms with Crippen molar-refractivity contribution in [2.45, 2.75) is 52.1 Å². The van der Waals surface area contributed by atoms with E-state index >= 15 is 0 Å². The smallest absolute Gasteiger partial charge is 0.315 e. The first-order valence-corrected chi connectivity index (χ1v) is 9.08. The molecule has 2 atom stereocenters. The molecule has 0 saturated carbocycles. The Morgan fingerprint density at radius 2 is 1.96 bits per heavy atom. The lowest BCUT2D eigenvalue weighted by Crippen LogP contribution is -2.38. The predicted molar refractivity (Wildman–Crippen MR) is 99.4 cm³/mol. The number of rotatable bonds is 4. The molecule has 0 amide bonds. The van der Waals surface area contributed by atoms with Gasteiger partial charge in [-0.15, -0.1) is 0 Å². The average molecular weight is 355 g/mol. The Morgan fingerprint density at radius 1 is 1.23 bits per heavy atom. The van der Waals surface area contributed by atoms with E-state index in [4.69, 9.17) is 9.47 Å². The van der Waals surface area contributed by atoms with Crippen LogP contribution in [0.1, 0.15) is 51.5 Å². The second-order valence-electron chi connectivity index (χ2n) is 7.07. The fraction of sp³-hybridized carbons (Fsp3) is 0.476.